The second-order valence-electron chi connectivity index (χ2n) is 8.66. The molecule has 0 fully saturated rings. The maximum absolute atomic E-state index is 13.9. The third kappa shape index (κ3) is 7.55. The van der Waals surface area contributed by atoms with Crippen molar-refractivity contribution in [1.82, 2.24) is 10.0 Å². The number of carbonyl (C=O) groups is 1. The Balaban J connectivity index is 1.64. The first kappa shape index (κ1) is 26.2. The minimum Gasteiger partial charge on any atom is -0.344 e. The molecule has 5 nitrogen and oxygen atoms in total. The van der Waals surface area contributed by atoms with E-state index in [4.69, 9.17) is 0 Å². The molecular formula is C29H26F2N2O3S. The molecule has 8 heteroatoms. The van der Waals surface area contributed by atoms with Crippen molar-refractivity contribution < 1.29 is 22.0 Å². The summed E-state index contributed by atoms with van der Waals surface area (Å²) in [4.78, 5) is 13.6. The maximum Gasteiger partial charge on any atom is 0.239 e. The fourth-order valence-electron chi connectivity index (χ4n) is 4.10. The molecule has 0 spiro atoms. The van der Waals surface area contributed by atoms with Crippen molar-refractivity contribution >= 4 is 15.9 Å². The first-order chi connectivity index (χ1) is 17.8. The molecule has 37 heavy (non-hydrogen) atoms. The van der Waals surface area contributed by atoms with Crippen LogP contribution >= 0.6 is 0 Å². The molecule has 0 saturated heterocycles. The van der Waals surface area contributed by atoms with Crippen molar-refractivity contribution in [2.45, 2.75) is 24.3 Å². The number of hydrogen-bond donors (Lipinski definition) is 2. The Morgan fingerprint density at radius 3 is 1.70 bits per heavy atom. The van der Waals surface area contributed by atoms with Crippen molar-refractivity contribution in [3.05, 3.63) is 143 Å². The Morgan fingerprint density at radius 2 is 1.19 bits per heavy atom. The summed E-state index contributed by atoms with van der Waals surface area (Å²) in [5, 5.41) is 2.93. The van der Waals surface area contributed by atoms with Crippen LogP contribution in [-0.4, -0.2) is 20.4 Å². The molecule has 0 aliphatic rings. The summed E-state index contributed by atoms with van der Waals surface area (Å²) < 4.78 is 56.3. The van der Waals surface area contributed by atoms with Crippen molar-refractivity contribution in [3.8, 4) is 0 Å². The van der Waals surface area contributed by atoms with Crippen LogP contribution in [0.5, 0.6) is 0 Å². The number of carbonyl (C=O) groups excluding carboxylic acids is 1. The maximum atomic E-state index is 13.9. The van der Waals surface area contributed by atoms with E-state index < -0.39 is 39.6 Å². The highest BCUT2D eigenvalue weighted by Gasteiger charge is 2.28. The largest absolute Gasteiger partial charge is 0.344 e. The number of benzene rings is 4. The van der Waals surface area contributed by atoms with Gasteiger partial charge in [-0.3, -0.25) is 4.79 Å². The van der Waals surface area contributed by atoms with Crippen LogP contribution in [0, 0.1) is 11.6 Å². The van der Waals surface area contributed by atoms with Gasteiger partial charge in [0.05, 0.1) is 11.8 Å². The number of halogens is 2. The van der Waals surface area contributed by atoms with Crippen molar-refractivity contribution in [2.24, 2.45) is 0 Å². The van der Waals surface area contributed by atoms with Gasteiger partial charge in [0.1, 0.15) is 17.7 Å². The molecule has 4 aromatic carbocycles. The van der Waals surface area contributed by atoms with Crippen molar-refractivity contribution in [2.75, 3.05) is 0 Å². The van der Waals surface area contributed by atoms with E-state index in [9.17, 15) is 22.0 Å². The van der Waals surface area contributed by atoms with Crippen molar-refractivity contribution in [1.29, 1.82) is 0 Å². The van der Waals surface area contributed by atoms with Gasteiger partial charge in [0.25, 0.3) is 0 Å². The third-order valence-corrected chi connectivity index (χ3v) is 7.11. The van der Waals surface area contributed by atoms with Gasteiger partial charge in [0.15, 0.2) is 0 Å². The summed E-state index contributed by atoms with van der Waals surface area (Å²) in [6, 6.07) is 28.0. The Morgan fingerprint density at radius 1 is 0.703 bits per heavy atom. The molecule has 4 aromatic rings. The highest BCUT2D eigenvalue weighted by Crippen LogP contribution is 2.22. The highest BCUT2D eigenvalue weighted by molar-refractivity contribution is 7.88. The molecule has 0 aliphatic heterocycles. The smallest absolute Gasteiger partial charge is 0.239 e. The summed E-state index contributed by atoms with van der Waals surface area (Å²) >= 11 is 0. The zero-order valence-electron chi connectivity index (χ0n) is 19.9. The van der Waals surface area contributed by atoms with E-state index in [0.29, 0.717) is 5.56 Å². The van der Waals surface area contributed by atoms with E-state index in [0.717, 1.165) is 29.3 Å². The van der Waals surface area contributed by atoms with Gasteiger partial charge < -0.3 is 5.32 Å². The number of hydrogen-bond acceptors (Lipinski definition) is 3. The molecule has 0 radical (unpaired) electrons. The number of sulfonamides is 1. The van der Waals surface area contributed by atoms with Gasteiger partial charge in [0, 0.05) is 6.07 Å². The van der Waals surface area contributed by atoms with Crippen LogP contribution in [0.4, 0.5) is 8.78 Å². The Labute approximate surface area is 215 Å². The van der Waals surface area contributed by atoms with Gasteiger partial charge in [0.2, 0.25) is 15.9 Å². The second kappa shape index (κ2) is 11.9. The van der Waals surface area contributed by atoms with Gasteiger partial charge in [-0.25, -0.2) is 21.9 Å². The van der Waals surface area contributed by atoms with Gasteiger partial charge in [-0.05, 0) is 40.8 Å². The predicted octanol–water partition coefficient (Wildman–Crippen LogP) is 4.90. The number of rotatable bonds is 10. The molecular weight excluding hydrogens is 494 g/mol. The van der Waals surface area contributed by atoms with Gasteiger partial charge in [-0.15, -0.1) is 0 Å². The lowest BCUT2D eigenvalue weighted by atomic mass is 9.97. The first-order valence-corrected chi connectivity index (χ1v) is 13.3. The molecule has 0 saturated carbocycles. The van der Waals surface area contributed by atoms with E-state index in [-0.39, 0.29) is 17.7 Å². The lowest BCUT2D eigenvalue weighted by Gasteiger charge is -2.24. The van der Waals surface area contributed by atoms with Crippen molar-refractivity contribution in [3.63, 3.8) is 0 Å². The monoisotopic (exact) mass is 520 g/mol. The zero-order valence-corrected chi connectivity index (χ0v) is 20.7. The molecule has 0 aliphatic carbocycles. The number of nitrogens with one attached hydrogen (secondary N) is 2. The van der Waals surface area contributed by atoms with E-state index in [1.807, 2.05) is 60.7 Å². The summed E-state index contributed by atoms with van der Waals surface area (Å²) in [5.41, 5.74) is 2.28. The summed E-state index contributed by atoms with van der Waals surface area (Å²) in [6.07, 6.45) is -0.245. The lowest BCUT2D eigenvalue weighted by Crippen LogP contribution is -2.49. The quantitative estimate of drug-likeness (QED) is 0.312. The van der Waals surface area contributed by atoms with Crippen LogP contribution in [-0.2, 0) is 27.0 Å². The van der Waals surface area contributed by atoms with Crippen LogP contribution in [0.2, 0.25) is 0 Å². The third-order valence-electron chi connectivity index (χ3n) is 5.75. The SMILES string of the molecule is O=C(NC(c1ccccc1)c1ccccc1)C(Cc1cc(F)cc(F)c1)NS(=O)(=O)Cc1ccccc1. The second-order valence-corrected chi connectivity index (χ2v) is 10.4. The van der Waals surface area contributed by atoms with Gasteiger partial charge in [-0.2, -0.15) is 0 Å². The molecule has 1 amide bonds. The fraction of sp³-hybridized carbons (Fsp3) is 0.138. The van der Waals surface area contributed by atoms with Crippen LogP contribution < -0.4 is 10.0 Å². The van der Waals surface area contributed by atoms with Crippen LogP contribution in [0.3, 0.4) is 0 Å². The van der Waals surface area contributed by atoms with E-state index >= 15 is 0 Å². The average molecular weight is 521 g/mol. The van der Waals surface area contributed by atoms with Crippen LogP contribution in [0.1, 0.15) is 28.3 Å². The van der Waals surface area contributed by atoms with Crippen LogP contribution in [0.25, 0.3) is 0 Å². The van der Waals surface area contributed by atoms with E-state index in [1.54, 1.807) is 30.3 Å². The summed E-state index contributed by atoms with van der Waals surface area (Å²) in [6.45, 7) is 0. The molecule has 0 bridgehead atoms. The van der Waals surface area contributed by atoms with Gasteiger partial charge >= 0.3 is 0 Å². The normalized spacial score (nSPS) is 12.3. The average Bonchev–Trinajstić information content (AvgIpc) is 2.87. The minimum atomic E-state index is -3.98. The van der Waals surface area contributed by atoms with Gasteiger partial charge in [-0.1, -0.05) is 91.0 Å². The molecule has 0 aromatic heterocycles. The topological polar surface area (TPSA) is 75.3 Å². The first-order valence-electron chi connectivity index (χ1n) is 11.7. The van der Waals surface area contributed by atoms with Crippen LogP contribution in [0.15, 0.2) is 109 Å². The molecule has 1 unspecified atom stereocenters. The Kier molecular flexibility index (Phi) is 8.43. The summed E-state index contributed by atoms with van der Waals surface area (Å²) in [7, 11) is -3.98. The minimum absolute atomic E-state index is 0.149. The molecule has 190 valence electrons. The van der Waals surface area contributed by atoms with E-state index in [2.05, 4.69) is 10.0 Å². The lowest BCUT2D eigenvalue weighted by molar-refractivity contribution is -0.123. The highest BCUT2D eigenvalue weighted by atomic mass is 32.2. The molecule has 4 rings (SSSR count). The number of amides is 1. The predicted molar refractivity (Wildman–Crippen MR) is 139 cm³/mol. The zero-order chi connectivity index (χ0) is 26.3. The fourth-order valence-corrected chi connectivity index (χ4v) is 5.44. The Bertz CT molecular complexity index is 1370. The standard InChI is InChI=1S/C29H26F2N2O3S/c30-25-16-22(17-26(31)19-25)18-27(33-37(35,36)20-21-10-4-1-5-11-21)29(34)32-28(23-12-6-2-7-13-23)24-14-8-3-9-15-24/h1-17,19,27-28,33H,18,20H2,(H,32,34). The molecule has 1 atom stereocenters. The van der Waals surface area contributed by atoms with E-state index in [1.165, 1.54) is 0 Å². The molecule has 0 heterocycles. The molecule has 2 N–H and O–H groups in total. The summed E-state index contributed by atoms with van der Waals surface area (Å²) in [5.74, 6) is -2.60. The Hall–Kier alpha value is -3.88.